The molecular formula is C24H18ClNO4S. The number of aliphatic hydroxyl groups is 1. The summed E-state index contributed by atoms with van der Waals surface area (Å²) in [7, 11) is 0. The Balaban J connectivity index is 1.68. The first-order valence-electron chi connectivity index (χ1n) is 9.55. The van der Waals surface area contributed by atoms with Crippen LogP contribution >= 0.6 is 23.4 Å². The van der Waals surface area contributed by atoms with Crippen LogP contribution in [0.4, 0.5) is 5.69 Å². The minimum Gasteiger partial charge on any atom is -0.506 e. The van der Waals surface area contributed by atoms with E-state index < -0.39 is 5.97 Å². The number of halogens is 1. The predicted molar refractivity (Wildman–Crippen MR) is 125 cm³/mol. The maximum absolute atomic E-state index is 12.5. The van der Waals surface area contributed by atoms with Crippen molar-refractivity contribution in [3.05, 3.63) is 93.8 Å². The number of aliphatic hydroxyl groups excluding tert-OH is 1. The van der Waals surface area contributed by atoms with Gasteiger partial charge in [0.05, 0.1) is 17.2 Å². The molecule has 4 rings (SSSR count). The fraction of sp³-hybridized carbons (Fsp3) is 0.0833. The summed E-state index contributed by atoms with van der Waals surface area (Å²) in [6.07, 6.45) is 1.67. The molecule has 156 valence electrons. The molecule has 5 nitrogen and oxygen atoms in total. The topological polar surface area (TPSA) is 72.0 Å². The molecule has 0 radical (unpaired) electrons. The Labute approximate surface area is 188 Å². The highest BCUT2D eigenvalue weighted by molar-refractivity contribution is 8.18. The SMILES string of the molecule is CCOC(=O)C1=C(O)/C(=C/c2ccc(-c3ccc(Cl)cc3)o2)SC1=Nc1ccccc1. The smallest absolute Gasteiger partial charge is 0.344 e. The first kappa shape index (κ1) is 21.0. The number of esters is 1. The highest BCUT2D eigenvalue weighted by Gasteiger charge is 2.33. The van der Waals surface area contributed by atoms with Crippen molar-refractivity contribution in [1.82, 2.24) is 0 Å². The van der Waals surface area contributed by atoms with E-state index >= 15 is 0 Å². The van der Waals surface area contributed by atoms with Crippen molar-refractivity contribution < 1.29 is 19.1 Å². The van der Waals surface area contributed by atoms with Gasteiger partial charge in [0.15, 0.2) is 0 Å². The normalized spacial score (nSPS) is 16.3. The highest BCUT2D eigenvalue weighted by Crippen LogP contribution is 2.40. The molecule has 1 N–H and O–H groups in total. The minimum absolute atomic E-state index is 0.0476. The summed E-state index contributed by atoms with van der Waals surface area (Å²) < 4.78 is 11.0. The van der Waals surface area contributed by atoms with Crippen LogP contribution in [-0.4, -0.2) is 22.7 Å². The fourth-order valence-electron chi connectivity index (χ4n) is 2.94. The van der Waals surface area contributed by atoms with E-state index in [0.29, 0.717) is 32.2 Å². The molecule has 0 bridgehead atoms. The third-order valence-corrected chi connectivity index (χ3v) is 5.66. The van der Waals surface area contributed by atoms with Gasteiger partial charge in [0, 0.05) is 10.6 Å². The molecule has 0 fully saturated rings. The second-order valence-corrected chi connectivity index (χ2v) is 7.98. The van der Waals surface area contributed by atoms with Crippen molar-refractivity contribution in [3.63, 3.8) is 0 Å². The minimum atomic E-state index is -0.619. The van der Waals surface area contributed by atoms with Gasteiger partial charge in [0.2, 0.25) is 0 Å². The number of aliphatic imine (C=N–C) groups is 1. The third kappa shape index (κ3) is 4.76. The summed E-state index contributed by atoms with van der Waals surface area (Å²) >= 11 is 7.13. The number of hydrogen-bond donors (Lipinski definition) is 1. The van der Waals surface area contributed by atoms with Gasteiger partial charge in [-0.05, 0) is 61.5 Å². The summed E-state index contributed by atoms with van der Waals surface area (Å²) in [5.74, 6) is 0.399. The van der Waals surface area contributed by atoms with Crippen LogP contribution in [-0.2, 0) is 9.53 Å². The van der Waals surface area contributed by atoms with Crippen molar-refractivity contribution >= 4 is 46.1 Å². The van der Waals surface area contributed by atoms with Gasteiger partial charge in [-0.25, -0.2) is 9.79 Å². The molecule has 0 atom stereocenters. The molecule has 3 aromatic rings. The number of rotatable bonds is 5. The summed E-state index contributed by atoms with van der Waals surface area (Å²) in [6, 6.07) is 20.2. The molecule has 0 amide bonds. The van der Waals surface area contributed by atoms with E-state index in [1.54, 1.807) is 31.2 Å². The number of nitrogens with zero attached hydrogens (tertiary/aromatic N) is 1. The van der Waals surface area contributed by atoms with Gasteiger partial charge in [-0.3, -0.25) is 0 Å². The molecule has 0 saturated carbocycles. The summed E-state index contributed by atoms with van der Waals surface area (Å²) in [6.45, 7) is 1.91. The van der Waals surface area contributed by atoms with E-state index in [9.17, 15) is 9.90 Å². The zero-order valence-corrected chi connectivity index (χ0v) is 18.1. The van der Waals surface area contributed by atoms with Crippen LogP contribution in [0.25, 0.3) is 17.4 Å². The van der Waals surface area contributed by atoms with E-state index in [4.69, 9.17) is 20.8 Å². The lowest BCUT2D eigenvalue weighted by Crippen LogP contribution is -2.12. The Morgan fingerprint density at radius 2 is 1.87 bits per heavy atom. The zero-order valence-electron chi connectivity index (χ0n) is 16.5. The average Bonchev–Trinajstić information content (AvgIpc) is 3.34. The maximum atomic E-state index is 12.5. The number of para-hydroxylation sites is 1. The van der Waals surface area contributed by atoms with E-state index in [1.165, 1.54) is 11.8 Å². The molecule has 0 unspecified atom stereocenters. The monoisotopic (exact) mass is 451 g/mol. The number of ether oxygens (including phenoxy) is 1. The Morgan fingerprint density at radius 3 is 2.58 bits per heavy atom. The summed E-state index contributed by atoms with van der Waals surface area (Å²) in [5.41, 5.74) is 1.60. The number of benzene rings is 2. The molecule has 1 aliphatic heterocycles. The molecule has 1 aromatic heterocycles. The number of carbonyl (C=O) groups excluding carboxylic acids is 1. The fourth-order valence-corrected chi connectivity index (χ4v) is 4.08. The second kappa shape index (κ2) is 9.29. The Kier molecular flexibility index (Phi) is 6.30. The zero-order chi connectivity index (χ0) is 21.8. The van der Waals surface area contributed by atoms with Crippen molar-refractivity contribution in [3.8, 4) is 11.3 Å². The Morgan fingerprint density at radius 1 is 1.13 bits per heavy atom. The summed E-state index contributed by atoms with van der Waals surface area (Å²) in [5, 5.41) is 11.8. The molecule has 1 aliphatic rings. The molecule has 0 saturated heterocycles. The van der Waals surface area contributed by atoms with Gasteiger partial charge >= 0.3 is 5.97 Å². The first-order valence-corrected chi connectivity index (χ1v) is 10.7. The number of hydrogen-bond acceptors (Lipinski definition) is 6. The average molecular weight is 452 g/mol. The molecule has 2 heterocycles. The lowest BCUT2D eigenvalue weighted by atomic mass is 10.2. The molecule has 0 spiro atoms. The van der Waals surface area contributed by atoms with Crippen LogP contribution in [0.2, 0.25) is 5.02 Å². The molecule has 31 heavy (non-hydrogen) atoms. The van der Waals surface area contributed by atoms with Crippen LogP contribution in [0, 0.1) is 0 Å². The number of carbonyl (C=O) groups is 1. The predicted octanol–water partition coefficient (Wildman–Crippen LogP) is 6.79. The van der Waals surface area contributed by atoms with E-state index in [1.807, 2.05) is 48.5 Å². The molecule has 0 aliphatic carbocycles. The van der Waals surface area contributed by atoms with Crippen molar-refractivity contribution in [1.29, 1.82) is 0 Å². The van der Waals surface area contributed by atoms with E-state index in [-0.39, 0.29) is 17.9 Å². The van der Waals surface area contributed by atoms with Crippen LogP contribution in [0.5, 0.6) is 0 Å². The van der Waals surface area contributed by atoms with Gasteiger partial charge in [-0.1, -0.05) is 41.6 Å². The quantitative estimate of drug-likeness (QED) is 0.432. The molecular weight excluding hydrogens is 434 g/mol. The van der Waals surface area contributed by atoms with Gasteiger partial charge in [0.25, 0.3) is 0 Å². The van der Waals surface area contributed by atoms with E-state index in [2.05, 4.69) is 4.99 Å². The first-order chi connectivity index (χ1) is 15.0. The standard InChI is InChI=1S/C24H18ClNO4S/c1-2-29-24(28)21-22(27)20(31-23(21)26-17-6-4-3-5-7-17)14-18-12-13-19(30-18)15-8-10-16(25)11-9-15/h3-14,27H,2H2,1H3/b20-14-,26-23?. The van der Waals surface area contributed by atoms with Crippen LogP contribution in [0.1, 0.15) is 12.7 Å². The number of furan rings is 1. The van der Waals surface area contributed by atoms with Gasteiger partial charge in [0.1, 0.15) is 27.9 Å². The van der Waals surface area contributed by atoms with Crippen LogP contribution < -0.4 is 0 Å². The van der Waals surface area contributed by atoms with E-state index in [0.717, 1.165) is 5.56 Å². The molecule has 7 heteroatoms. The Bertz CT molecular complexity index is 1190. The maximum Gasteiger partial charge on any atom is 0.344 e. The second-order valence-electron chi connectivity index (χ2n) is 6.52. The largest absolute Gasteiger partial charge is 0.506 e. The Hall–Kier alpha value is -3.22. The van der Waals surface area contributed by atoms with Crippen molar-refractivity contribution in [2.75, 3.05) is 6.61 Å². The number of thioether (sulfide) groups is 1. The van der Waals surface area contributed by atoms with Gasteiger partial charge < -0.3 is 14.3 Å². The van der Waals surface area contributed by atoms with Crippen molar-refractivity contribution in [2.24, 2.45) is 4.99 Å². The molecule has 2 aromatic carbocycles. The highest BCUT2D eigenvalue weighted by atomic mass is 35.5. The van der Waals surface area contributed by atoms with Crippen LogP contribution in [0.15, 0.2) is 92.4 Å². The lowest BCUT2D eigenvalue weighted by Gasteiger charge is -2.03. The van der Waals surface area contributed by atoms with Gasteiger partial charge in [-0.2, -0.15) is 0 Å². The van der Waals surface area contributed by atoms with Crippen molar-refractivity contribution in [2.45, 2.75) is 6.92 Å². The van der Waals surface area contributed by atoms with Gasteiger partial charge in [-0.15, -0.1) is 0 Å². The summed E-state index contributed by atoms with van der Waals surface area (Å²) in [4.78, 5) is 17.5. The van der Waals surface area contributed by atoms with Crippen LogP contribution in [0.3, 0.4) is 0 Å². The third-order valence-electron chi connectivity index (χ3n) is 4.39. The lowest BCUT2D eigenvalue weighted by molar-refractivity contribution is -0.138.